The number of rotatable bonds is 11. The molecule has 2 aromatic heterocycles. The second kappa shape index (κ2) is 9.65. The van der Waals surface area contributed by atoms with Crippen molar-refractivity contribution in [2.45, 2.75) is 63.6 Å². The van der Waals surface area contributed by atoms with Gasteiger partial charge in [0.25, 0.3) is 5.56 Å². The number of unbranched alkanes of at least 4 members (excludes halogenated alkanes) is 6. The van der Waals surface area contributed by atoms with Crippen molar-refractivity contribution < 1.29 is 0 Å². The van der Waals surface area contributed by atoms with Gasteiger partial charge < -0.3 is 4.57 Å². The fourth-order valence-corrected chi connectivity index (χ4v) is 3.85. The van der Waals surface area contributed by atoms with E-state index in [0.717, 1.165) is 17.3 Å². The molecule has 0 aliphatic heterocycles. The quantitative estimate of drug-likeness (QED) is 0.376. The van der Waals surface area contributed by atoms with Crippen LogP contribution < -0.4 is 11.2 Å². The molecule has 7 heteroatoms. The summed E-state index contributed by atoms with van der Waals surface area (Å²) in [5.74, 6) is 0.958. The van der Waals surface area contributed by atoms with Gasteiger partial charge in [-0.3, -0.25) is 14.3 Å². The second-order valence-electron chi connectivity index (χ2n) is 6.25. The lowest BCUT2D eigenvalue weighted by molar-refractivity contribution is 0.603. The number of aromatic nitrogens is 4. The normalized spacial score (nSPS) is 11.3. The van der Waals surface area contributed by atoms with Crippen molar-refractivity contribution >= 4 is 22.9 Å². The average Bonchev–Trinajstić information content (AvgIpc) is 2.95. The molecule has 0 spiro atoms. The van der Waals surface area contributed by atoms with Crippen LogP contribution in [-0.2, 0) is 13.6 Å². The van der Waals surface area contributed by atoms with Crippen molar-refractivity contribution in [2.24, 2.45) is 7.05 Å². The van der Waals surface area contributed by atoms with Gasteiger partial charge in [-0.25, -0.2) is 9.78 Å². The smallest absolute Gasteiger partial charge is 0.309 e. The standard InChI is InChI=1S/C18H28N4O2S/c1-4-6-7-8-9-10-11-13-25-18-19-15-14(22(18)12-5-2)16(23)20-17(24)21(15)3/h5H,2,4,6-13H2,1,3H3,(H,20,23,24). The zero-order chi connectivity index (χ0) is 18.2. The molecule has 1 N–H and O–H groups in total. The zero-order valence-corrected chi connectivity index (χ0v) is 16.0. The Morgan fingerprint density at radius 1 is 1.16 bits per heavy atom. The Morgan fingerprint density at radius 3 is 2.52 bits per heavy atom. The lowest BCUT2D eigenvalue weighted by atomic mass is 10.1. The van der Waals surface area contributed by atoms with Crippen LogP contribution in [0.25, 0.3) is 11.2 Å². The second-order valence-corrected chi connectivity index (χ2v) is 7.32. The largest absolute Gasteiger partial charge is 0.329 e. The first-order valence-electron chi connectivity index (χ1n) is 9.03. The molecule has 0 atom stereocenters. The number of thioether (sulfide) groups is 1. The Labute approximate surface area is 152 Å². The number of hydrogen-bond acceptors (Lipinski definition) is 4. The number of hydrogen-bond donors (Lipinski definition) is 1. The Balaban J connectivity index is 2.05. The number of aromatic amines is 1. The van der Waals surface area contributed by atoms with E-state index in [1.807, 2.05) is 4.57 Å². The Hall–Kier alpha value is -1.76. The molecule has 2 rings (SSSR count). The molecule has 0 aromatic carbocycles. The van der Waals surface area contributed by atoms with Crippen LogP contribution in [0.1, 0.15) is 51.9 Å². The highest BCUT2D eigenvalue weighted by Crippen LogP contribution is 2.23. The molecule has 0 fully saturated rings. The molecule has 0 bridgehead atoms. The number of H-pyrrole nitrogens is 1. The third kappa shape index (κ3) is 4.87. The van der Waals surface area contributed by atoms with Crippen LogP contribution in [0.3, 0.4) is 0 Å². The lowest BCUT2D eigenvalue weighted by Crippen LogP contribution is -2.29. The van der Waals surface area contributed by atoms with Crippen LogP contribution >= 0.6 is 11.8 Å². The molecule has 6 nitrogen and oxygen atoms in total. The predicted molar refractivity (Wildman–Crippen MR) is 105 cm³/mol. The summed E-state index contributed by atoms with van der Waals surface area (Å²) < 4.78 is 3.22. The van der Waals surface area contributed by atoms with E-state index < -0.39 is 11.2 Å². The van der Waals surface area contributed by atoms with Gasteiger partial charge in [-0.05, 0) is 6.42 Å². The topological polar surface area (TPSA) is 72.7 Å². The van der Waals surface area contributed by atoms with Crippen LogP contribution in [0.5, 0.6) is 0 Å². The Morgan fingerprint density at radius 2 is 1.84 bits per heavy atom. The summed E-state index contributed by atoms with van der Waals surface area (Å²) in [6.07, 6.45) is 10.6. The summed E-state index contributed by atoms with van der Waals surface area (Å²) in [7, 11) is 1.62. The minimum Gasteiger partial charge on any atom is -0.309 e. The maximum atomic E-state index is 12.2. The van der Waals surface area contributed by atoms with E-state index in [1.165, 1.54) is 43.1 Å². The van der Waals surface area contributed by atoms with Crippen molar-refractivity contribution in [3.8, 4) is 0 Å². The molecule has 0 amide bonds. The molecular weight excluding hydrogens is 336 g/mol. The molecule has 2 heterocycles. The highest BCUT2D eigenvalue weighted by molar-refractivity contribution is 7.99. The van der Waals surface area contributed by atoms with Gasteiger partial charge in [0, 0.05) is 19.3 Å². The minimum absolute atomic E-state index is 0.393. The summed E-state index contributed by atoms with van der Waals surface area (Å²) >= 11 is 1.64. The highest BCUT2D eigenvalue weighted by atomic mass is 32.2. The van der Waals surface area contributed by atoms with Crippen LogP contribution in [-0.4, -0.2) is 24.9 Å². The molecule has 0 aliphatic carbocycles. The number of imidazole rings is 1. The summed E-state index contributed by atoms with van der Waals surface area (Å²) in [6.45, 7) is 6.49. The first-order valence-corrected chi connectivity index (χ1v) is 10.0. The van der Waals surface area contributed by atoms with Crippen molar-refractivity contribution in [1.29, 1.82) is 0 Å². The summed E-state index contributed by atoms with van der Waals surface area (Å²) in [5, 5.41) is 0.771. The van der Waals surface area contributed by atoms with Gasteiger partial charge >= 0.3 is 5.69 Å². The van der Waals surface area contributed by atoms with E-state index in [-0.39, 0.29) is 0 Å². The fourth-order valence-electron chi connectivity index (χ4n) is 2.85. The van der Waals surface area contributed by atoms with Crippen LogP contribution in [0.4, 0.5) is 0 Å². The van der Waals surface area contributed by atoms with Gasteiger partial charge in [0.1, 0.15) is 0 Å². The fraction of sp³-hybridized carbons (Fsp3) is 0.611. The minimum atomic E-state index is -0.440. The zero-order valence-electron chi connectivity index (χ0n) is 15.2. The summed E-state index contributed by atoms with van der Waals surface area (Å²) in [6, 6.07) is 0. The molecular formula is C18H28N4O2S. The van der Waals surface area contributed by atoms with Gasteiger partial charge in [0.15, 0.2) is 16.3 Å². The van der Waals surface area contributed by atoms with Gasteiger partial charge in [-0.15, -0.1) is 6.58 Å². The van der Waals surface area contributed by atoms with E-state index in [9.17, 15) is 9.59 Å². The summed E-state index contributed by atoms with van der Waals surface area (Å²) in [4.78, 5) is 30.8. The molecule has 0 radical (unpaired) electrons. The van der Waals surface area contributed by atoms with Gasteiger partial charge in [-0.1, -0.05) is 63.3 Å². The van der Waals surface area contributed by atoms with Crippen molar-refractivity contribution in [3.63, 3.8) is 0 Å². The number of aryl methyl sites for hydroxylation is 1. The van der Waals surface area contributed by atoms with E-state index >= 15 is 0 Å². The predicted octanol–water partition coefficient (Wildman–Crippen LogP) is 3.45. The third-order valence-corrected chi connectivity index (χ3v) is 5.33. The van der Waals surface area contributed by atoms with Crippen LogP contribution in [0.15, 0.2) is 27.4 Å². The monoisotopic (exact) mass is 364 g/mol. The van der Waals surface area contributed by atoms with Crippen molar-refractivity contribution in [2.75, 3.05) is 5.75 Å². The van der Waals surface area contributed by atoms with Crippen molar-refractivity contribution in [3.05, 3.63) is 33.5 Å². The molecule has 138 valence electrons. The lowest BCUT2D eigenvalue weighted by Gasteiger charge is -2.05. The molecule has 0 unspecified atom stereocenters. The van der Waals surface area contributed by atoms with E-state index in [2.05, 4.69) is 23.5 Å². The maximum absolute atomic E-state index is 12.2. The molecule has 0 saturated carbocycles. The highest BCUT2D eigenvalue weighted by Gasteiger charge is 2.16. The first kappa shape index (κ1) is 19.6. The molecule has 2 aromatic rings. The average molecular weight is 365 g/mol. The third-order valence-electron chi connectivity index (χ3n) is 4.26. The van der Waals surface area contributed by atoms with E-state index in [1.54, 1.807) is 24.9 Å². The van der Waals surface area contributed by atoms with Crippen LogP contribution in [0, 0.1) is 0 Å². The number of fused-ring (bicyclic) bond motifs is 1. The number of allylic oxidation sites excluding steroid dienone is 1. The van der Waals surface area contributed by atoms with Crippen molar-refractivity contribution in [1.82, 2.24) is 19.1 Å². The molecule has 25 heavy (non-hydrogen) atoms. The van der Waals surface area contributed by atoms with Crippen LogP contribution in [0.2, 0.25) is 0 Å². The van der Waals surface area contributed by atoms with Gasteiger partial charge in [0.05, 0.1) is 0 Å². The maximum Gasteiger partial charge on any atom is 0.329 e. The Bertz CT molecular complexity index is 819. The van der Waals surface area contributed by atoms with Gasteiger partial charge in [0.2, 0.25) is 0 Å². The summed E-state index contributed by atoms with van der Waals surface area (Å²) in [5.41, 5.74) is 0.0290. The van der Waals surface area contributed by atoms with Gasteiger partial charge in [-0.2, -0.15) is 0 Å². The number of nitrogens with zero attached hydrogens (tertiary/aromatic N) is 3. The molecule has 0 aliphatic rings. The van der Waals surface area contributed by atoms with E-state index in [4.69, 9.17) is 0 Å². The SMILES string of the molecule is C=CCn1c(SCCCCCCCCC)nc2c1c(=O)[nH]c(=O)n2C. The van der Waals surface area contributed by atoms with E-state index in [0.29, 0.717) is 17.7 Å². The molecule has 0 saturated heterocycles. The first-order chi connectivity index (χ1) is 12.1. The number of nitrogens with one attached hydrogen (secondary N) is 1. The Kier molecular flexibility index (Phi) is 7.55.